The van der Waals surface area contributed by atoms with Crippen LogP contribution in [0.2, 0.25) is 0 Å². The fourth-order valence-electron chi connectivity index (χ4n) is 2.81. The lowest BCUT2D eigenvalue weighted by Crippen LogP contribution is -2.47. The van der Waals surface area contributed by atoms with Crippen molar-refractivity contribution in [2.75, 3.05) is 13.1 Å². The van der Waals surface area contributed by atoms with E-state index in [1.807, 2.05) is 43.0 Å². The smallest absolute Gasteiger partial charge is 0.239 e. The van der Waals surface area contributed by atoms with E-state index in [1.54, 1.807) is 0 Å². The van der Waals surface area contributed by atoms with Crippen molar-refractivity contribution < 1.29 is 14.4 Å². The molecular formula is C19H28N4O3. The van der Waals surface area contributed by atoms with E-state index < -0.39 is 6.04 Å². The molecule has 1 aliphatic heterocycles. The molecule has 142 valence electrons. The van der Waals surface area contributed by atoms with E-state index in [9.17, 15) is 14.4 Å². The fourth-order valence-corrected chi connectivity index (χ4v) is 2.81. The molecule has 1 atom stereocenters. The lowest BCUT2D eigenvalue weighted by molar-refractivity contribution is -0.128. The van der Waals surface area contributed by atoms with Crippen LogP contribution in [0, 0.1) is 5.92 Å². The number of carbonyl (C=O) groups is 3. The second kappa shape index (κ2) is 9.33. The van der Waals surface area contributed by atoms with Crippen molar-refractivity contribution in [3.8, 4) is 0 Å². The molecule has 0 saturated carbocycles. The number of nitrogens with one attached hydrogen (secondary N) is 2. The SMILES string of the molecule is CC(C)[C@H](N)C(=O)NCC(=O)NCc1ccccc1CN1CCCC1=O. The summed E-state index contributed by atoms with van der Waals surface area (Å²) in [6.07, 6.45) is 1.51. The predicted octanol–water partition coefficient (Wildman–Crippen LogP) is 0.525. The van der Waals surface area contributed by atoms with Crippen molar-refractivity contribution in [1.82, 2.24) is 15.5 Å². The van der Waals surface area contributed by atoms with Gasteiger partial charge in [-0.25, -0.2) is 0 Å². The topological polar surface area (TPSA) is 105 Å². The molecule has 26 heavy (non-hydrogen) atoms. The van der Waals surface area contributed by atoms with Gasteiger partial charge in [-0.3, -0.25) is 14.4 Å². The summed E-state index contributed by atoms with van der Waals surface area (Å²) in [5, 5.41) is 5.35. The third kappa shape index (κ3) is 5.56. The Labute approximate surface area is 154 Å². The highest BCUT2D eigenvalue weighted by atomic mass is 16.2. The first-order valence-electron chi connectivity index (χ1n) is 9.03. The Bertz CT molecular complexity index is 660. The molecule has 1 aliphatic rings. The average molecular weight is 360 g/mol. The van der Waals surface area contributed by atoms with E-state index in [4.69, 9.17) is 5.73 Å². The summed E-state index contributed by atoms with van der Waals surface area (Å²) in [5.74, 6) is -0.421. The zero-order valence-electron chi connectivity index (χ0n) is 15.5. The first-order valence-corrected chi connectivity index (χ1v) is 9.03. The number of amides is 3. The van der Waals surface area contributed by atoms with Crippen LogP contribution in [0.15, 0.2) is 24.3 Å². The van der Waals surface area contributed by atoms with Gasteiger partial charge in [0.15, 0.2) is 0 Å². The van der Waals surface area contributed by atoms with Gasteiger partial charge in [0, 0.05) is 26.1 Å². The van der Waals surface area contributed by atoms with Crippen LogP contribution in [0.25, 0.3) is 0 Å². The van der Waals surface area contributed by atoms with Crippen LogP contribution in [-0.4, -0.2) is 41.8 Å². The van der Waals surface area contributed by atoms with Crippen molar-refractivity contribution in [2.45, 2.75) is 45.8 Å². The molecule has 2 rings (SSSR count). The lowest BCUT2D eigenvalue weighted by atomic mass is 10.1. The number of benzene rings is 1. The van der Waals surface area contributed by atoms with Gasteiger partial charge in [0.1, 0.15) is 0 Å². The zero-order chi connectivity index (χ0) is 19.1. The average Bonchev–Trinajstić information content (AvgIpc) is 3.02. The predicted molar refractivity (Wildman–Crippen MR) is 98.8 cm³/mol. The van der Waals surface area contributed by atoms with E-state index in [2.05, 4.69) is 10.6 Å². The minimum atomic E-state index is -0.624. The van der Waals surface area contributed by atoms with Crippen LogP contribution >= 0.6 is 0 Å². The summed E-state index contributed by atoms with van der Waals surface area (Å²) in [6, 6.07) is 7.11. The number of carbonyl (C=O) groups excluding carboxylic acids is 3. The summed E-state index contributed by atoms with van der Waals surface area (Å²) in [4.78, 5) is 37.4. The Kier molecular flexibility index (Phi) is 7.15. The molecule has 0 aliphatic carbocycles. The molecule has 1 aromatic carbocycles. The van der Waals surface area contributed by atoms with Crippen LogP contribution in [0.4, 0.5) is 0 Å². The maximum absolute atomic E-state index is 12.0. The maximum Gasteiger partial charge on any atom is 0.239 e. The molecule has 0 bridgehead atoms. The molecule has 1 fully saturated rings. The summed E-state index contributed by atoms with van der Waals surface area (Å²) in [5.41, 5.74) is 7.73. The van der Waals surface area contributed by atoms with Gasteiger partial charge in [0.05, 0.1) is 12.6 Å². The van der Waals surface area contributed by atoms with Crippen molar-refractivity contribution >= 4 is 17.7 Å². The molecule has 1 heterocycles. The van der Waals surface area contributed by atoms with Crippen LogP contribution in [0.1, 0.15) is 37.8 Å². The molecular weight excluding hydrogens is 332 g/mol. The Morgan fingerprint density at radius 2 is 1.88 bits per heavy atom. The van der Waals surface area contributed by atoms with Crippen LogP contribution in [-0.2, 0) is 27.5 Å². The van der Waals surface area contributed by atoms with E-state index in [-0.39, 0.29) is 30.2 Å². The second-order valence-electron chi connectivity index (χ2n) is 6.95. The van der Waals surface area contributed by atoms with Crippen molar-refractivity contribution in [3.05, 3.63) is 35.4 Å². The normalized spacial score (nSPS) is 15.2. The van der Waals surface area contributed by atoms with Gasteiger partial charge in [0.25, 0.3) is 0 Å². The standard InChI is InChI=1S/C19H28N4O3/c1-13(2)18(20)19(26)22-11-16(24)21-10-14-6-3-4-7-15(14)12-23-9-5-8-17(23)25/h3-4,6-7,13,18H,5,8-12,20H2,1-2H3,(H,21,24)(H,22,26)/t18-/m0/s1. The third-order valence-electron chi connectivity index (χ3n) is 4.57. The van der Waals surface area contributed by atoms with E-state index >= 15 is 0 Å². The summed E-state index contributed by atoms with van der Waals surface area (Å²) >= 11 is 0. The van der Waals surface area contributed by atoms with Crippen molar-refractivity contribution in [2.24, 2.45) is 11.7 Å². The molecule has 0 radical (unpaired) electrons. The van der Waals surface area contributed by atoms with E-state index in [0.717, 1.165) is 24.1 Å². The Morgan fingerprint density at radius 1 is 1.19 bits per heavy atom. The van der Waals surface area contributed by atoms with Crippen molar-refractivity contribution in [1.29, 1.82) is 0 Å². The quantitative estimate of drug-likeness (QED) is 0.629. The molecule has 3 amide bonds. The van der Waals surface area contributed by atoms with E-state index in [1.165, 1.54) is 0 Å². The van der Waals surface area contributed by atoms with Gasteiger partial charge >= 0.3 is 0 Å². The number of nitrogens with zero attached hydrogens (tertiary/aromatic N) is 1. The second-order valence-corrected chi connectivity index (χ2v) is 6.95. The Balaban J connectivity index is 1.84. The Morgan fingerprint density at radius 3 is 2.50 bits per heavy atom. The highest BCUT2D eigenvalue weighted by Gasteiger charge is 2.21. The highest BCUT2D eigenvalue weighted by molar-refractivity contribution is 5.87. The minimum absolute atomic E-state index is 0.0123. The van der Waals surface area contributed by atoms with Crippen molar-refractivity contribution in [3.63, 3.8) is 0 Å². The monoisotopic (exact) mass is 360 g/mol. The largest absolute Gasteiger partial charge is 0.350 e. The molecule has 0 unspecified atom stereocenters. The zero-order valence-corrected chi connectivity index (χ0v) is 15.5. The number of likely N-dealkylation sites (tertiary alicyclic amines) is 1. The number of hydrogen-bond acceptors (Lipinski definition) is 4. The van der Waals surface area contributed by atoms with Gasteiger partial charge < -0.3 is 21.3 Å². The van der Waals surface area contributed by atoms with Crippen LogP contribution < -0.4 is 16.4 Å². The maximum atomic E-state index is 12.0. The van der Waals surface area contributed by atoms with Crippen LogP contribution in [0.5, 0.6) is 0 Å². The summed E-state index contributed by atoms with van der Waals surface area (Å²) in [6.45, 7) is 5.29. The van der Waals surface area contributed by atoms with Gasteiger partial charge in [-0.15, -0.1) is 0 Å². The molecule has 7 nitrogen and oxygen atoms in total. The van der Waals surface area contributed by atoms with E-state index in [0.29, 0.717) is 19.5 Å². The minimum Gasteiger partial charge on any atom is -0.350 e. The molecule has 0 spiro atoms. The first kappa shape index (κ1) is 19.9. The van der Waals surface area contributed by atoms with Gasteiger partial charge in [0.2, 0.25) is 17.7 Å². The molecule has 1 aromatic rings. The molecule has 1 saturated heterocycles. The molecule has 4 N–H and O–H groups in total. The van der Waals surface area contributed by atoms with Gasteiger partial charge in [-0.05, 0) is 23.5 Å². The van der Waals surface area contributed by atoms with Gasteiger partial charge in [-0.2, -0.15) is 0 Å². The molecule has 0 aromatic heterocycles. The third-order valence-corrected chi connectivity index (χ3v) is 4.57. The summed E-state index contributed by atoms with van der Waals surface area (Å²) < 4.78 is 0. The first-order chi connectivity index (χ1) is 12.4. The highest BCUT2D eigenvalue weighted by Crippen LogP contribution is 2.17. The number of hydrogen-bond donors (Lipinski definition) is 3. The van der Waals surface area contributed by atoms with Gasteiger partial charge in [-0.1, -0.05) is 38.1 Å². The Hall–Kier alpha value is -2.41. The lowest BCUT2D eigenvalue weighted by Gasteiger charge is -2.18. The molecule has 7 heteroatoms. The fraction of sp³-hybridized carbons (Fsp3) is 0.526. The van der Waals surface area contributed by atoms with Crippen LogP contribution in [0.3, 0.4) is 0 Å². The number of nitrogens with two attached hydrogens (primary N) is 1. The summed E-state index contributed by atoms with van der Waals surface area (Å²) in [7, 11) is 0. The number of rotatable bonds is 8.